The number of aromatic nitrogens is 1. The third-order valence-electron chi connectivity index (χ3n) is 5.23. The van der Waals surface area contributed by atoms with Gasteiger partial charge >= 0.3 is 6.09 Å². The molecule has 1 saturated heterocycles. The summed E-state index contributed by atoms with van der Waals surface area (Å²) in [5.74, 6) is 1.53. The van der Waals surface area contributed by atoms with E-state index in [9.17, 15) is 9.59 Å². The first-order chi connectivity index (χ1) is 14.0. The van der Waals surface area contributed by atoms with Crippen LogP contribution in [0.3, 0.4) is 0 Å². The molecule has 0 aliphatic carbocycles. The van der Waals surface area contributed by atoms with Gasteiger partial charge in [0.25, 0.3) is 0 Å². The number of hydrogen-bond acceptors (Lipinski definition) is 6. The molecule has 8 nitrogen and oxygen atoms in total. The van der Waals surface area contributed by atoms with Crippen molar-refractivity contribution >= 4 is 12.0 Å². The molecule has 2 amide bonds. The molecule has 29 heavy (non-hydrogen) atoms. The normalized spacial score (nSPS) is 18.3. The number of carbonyl (C=O) groups is 2. The molecule has 4 rings (SSSR count). The van der Waals surface area contributed by atoms with E-state index in [-0.39, 0.29) is 24.5 Å². The molecule has 0 bridgehead atoms. The minimum absolute atomic E-state index is 0.0236. The molecule has 1 atom stereocenters. The molecule has 1 aromatic heterocycles. The number of hydrogen-bond donors (Lipinski definition) is 0. The fourth-order valence-corrected chi connectivity index (χ4v) is 3.73. The number of benzene rings is 1. The minimum atomic E-state index is -0.324. The van der Waals surface area contributed by atoms with Gasteiger partial charge in [-0.1, -0.05) is 5.16 Å². The van der Waals surface area contributed by atoms with Crippen molar-refractivity contribution in [3.63, 3.8) is 0 Å². The van der Waals surface area contributed by atoms with Gasteiger partial charge in [-0.3, -0.25) is 4.79 Å². The van der Waals surface area contributed by atoms with Crippen LogP contribution < -0.4 is 4.74 Å². The van der Waals surface area contributed by atoms with Crippen LogP contribution in [-0.4, -0.2) is 65.8 Å². The largest absolute Gasteiger partial charge is 0.490 e. The van der Waals surface area contributed by atoms with Gasteiger partial charge in [-0.05, 0) is 37.6 Å². The van der Waals surface area contributed by atoms with Crippen molar-refractivity contribution in [2.75, 3.05) is 32.8 Å². The van der Waals surface area contributed by atoms with Crippen LogP contribution in [0.25, 0.3) is 11.3 Å². The van der Waals surface area contributed by atoms with Gasteiger partial charge < -0.3 is 23.8 Å². The van der Waals surface area contributed by atoms with Crippen LogP contribution in [0.5, 0.6) is 5.75 Å². The molecule has 3 heterocycles. The highest BCUT2D eigenvalue weighted by Crippen LogP contribution is 2.33. The molecular formula is C21H25N3O5. The van der Waals surface area contributed by atoms with Crippen molar-refractivity contribution < 1.29 is 23.6 Å². The molecule has 2 aliphatic heterocycles. The second-order valence-electron chi connectivity index (χ2n) is 7.38. The smallest absolute Gasteiger partial charge is 0.409 e. The second kappa shape index (κ2) is 8.14. The summed E-state index contributed by atoms with van der Waals surface area (Å²) in [6.45, 7) is 6.11. The van der Waals surface area contributed by atoms with Crippen molar-refractivity contribution in [1.82, 2.24) is 15.0 Å². The molecule has 0 N–H and O–H groups in total. The average Bonchev–Trinajstić information content (AvgIpc) is 3.33. The van der Waals surface area contributed by atoms with Crippen LogP contribution in [0.4, 0.5) is 4.79 Å². The number of nitrogens with zero attached hydrogens (tertiary/aromatic N) is 3. The van der Waals surface area contributed by atoms with Crippen molar-refractivity contribution in [1.29, 1.82) is 0 Å². The molecule has 1 fully saturated rings. The molecule has 154 valence electrons. The first-order valence-electron chi connectivity index (χ1n) is 9.98. The standard InChI is InChI=1S/C21H25N3O5/c1-3-27-21(26)24-8-6-23(7-9-24)20(25)13-17-12-19(29-22-17)15-4-5-18-16(11-15)10-14(2)28-18/h4-5,11-12,14H,3,6-10,13H2,1-2H3/t14-/m0/s1. The third-order valence-corrected chi connectivity index (χ3v) is 5.23. The second-order valence-corrected chi connectivity index (χ2v) is 7.38. The van der Waals surface area contributed by atoms with Crippen LogP contribution in [-0.2, 0) is 22.4 Å². The van der Waals surface area contributed by atoms with Crippen molar-refractivity contribution in [3.05, 3.63) is 35.5 Å². The Bertz CT molecular complexity index is 901. The lowest BCUT2D eigenvalue weighted by Gasteiger charge is -2.33. The molecule has 8 heteroatoms. The quantitative estimate of drug-likeness (QED) is 0.785. The van der Waals surface area contributed by atoms with Crippen LogP contribution in [0, 0.1) is 0 Å². The predicted octanol–water partition coefficient (Wildman–Crippen LogP) is 2.51. The summed E-state index contributed by atoms with van der Waals surface area (Å²) < 4.78 is 16.2. The van der Waals surface area contributed by atoms with E-state index in [1.165, 1.54) is 0 Å². The molecule has 0 saturated carbocycles. The number of ether oxygens (including phenoxy) is 2. The highest BCUT2D eigenvalue weighted by molar-refractivity contribution is 5.79. The van der Waals surface area contributed by atoms with Crippen LogP contribution in [0.1, 0.15) is 25.1 Å². The molecular weight excluding hydrogens is 374 g/mol. The Kier molecular flexibility index (Phi) is 5.42. The molecule has 1 aromatic carbocycles. The van der Waals surface area contributed by atoms with E-state index < -0.39 is 0 Å². The molecule has 0 radical (unpaired) electrons. The number of carbonyl (C=O) groups excluding carboxylic acids is 2. The molecule has 2 aromatic rings. The summed E-state index contributed by atoms with van der Waals surface area (Å²) >= 11 is 0. The zero-order valence-corrected chi connectivity index (χ0v) is 16.7. The van der Waals surface area contributed by atoms with E-state index in [0.29, 0.717) is 44.2 Å². The van der Waals surface area contributed by atoms with Crippen molar-refractivity contribution in [2.45, 2.75) is 32.8 Å². The van der Waals surface area contributed by atoms with E-state index in [1.54, 1.807) is 16.7 Å². The maximum Gasteiger partial charge on any atom is 0.409 e. The summed E-state index contributed by atoms with van der Waals surface area (Å²) in [7, 11) is 0. The lowest BCUT2D eigenvalue weighted by Crippen LogP contribution is -2.51. The number of rotatable bonds is 4. The van der Waals surface area contributed by atoms with Crippen molar-refractivity contribution in [3.8, 4) is 17.1 Å². The van der Waals surface area contributed by atoms with E-state index in [4.69, 9.17) is 14.0 Å². The van der Waals surface area contributed by atoms with Crippen molar-refractivity contribution in [2.24, 2.45) is 0 Å². The summed E-state index contributed by atoms with van der Waals surface area (Å²) in [6.07, 6.45) is 0.913. The topological polar surface area (TPSA) is 85.1 Å². The Labute approximate surface area is 169 Å². The average molecular weight is 399 g/mol. The Morgan fingerprint density at radius 1 is 1.17 bits per heavy atom. The lowest BCUT2D eigenvalue weighted by atomic mass is 10.1. The van der Waals surface area contributed by atoms with Gasteiger partial charge in [0.2, 0.25) is 5.91 Å². The summed E-state index contributed by atoms with van der Waals surface area (Å²) in [5, 5.41) is 4.07. The number of piperazine rings is 1. The third kappa shape index (κ3) is 4.21. The highest BCUT2D eigenvalue weighted by Gasteiger charge is 2.26. The maximum absolute atomic E-state index is 12.6. The SMILES string of the molecule is CCOC(=O)N1CCN(C(=O)Cc2cc(-c3ccc4c(c3)C[C@H](C)O4)on2)CC1. The first-order valence-corrected chi connectivity index (χ1v) is 9.98. The molecule has 2 aliphatic rings. The fourth-order valence-electron chi connectivity index (χ4n) is 3.73. The van der Waals surface area contributed by atoms with Gasteiger partial charge in [-0.25, -0.2) is 4.79 Å². The zero-order chi connectivity index (χ0) is 20.4. The maximum atomic E-state index is 12.6. The van der Waals surface area contributed by atoms with Crippen LogP contribution in [0.15, 0.2) is 28.8 Å². The van der Waals surface area contributed by atoms with E-state index >= 15 is 0 Å². The van der Waals surface area contributed by atoms with E-state index in [0.717, 1.165) is 23.3 Å². The first kappa shape index (κ1) is 19.3. The molecule has 0 spiro atoms. The highest BCUT2D eigenvalue weighted by atomic mass is 16.6. The monoisotopic (exact) mass is 399 g/mol. The fraction of sp³-hybridized carbons (Fsp3) is 0.476. The Morgan fingerprint density at radius 3 is 2.69 bits per heavy atom. The van der Waals surface area contributed by atoms with E-state index in [1.807, 2.05) is 25.1 Å². The lowest BCUT2D eigenvalue weighted by molar-refractivity contribution is -0.132. The summed E-state index contributed by atoms with van der Waals surface area (Å²) in [4.78, 5) is 27.7. The minimum Gasteiger partial charge on any atom is -0.490 e. The number of fused-ring (bicyclic) bond motifs is 1. The Morgan fingerprint density at radius 2 is 1.93 bits per heavy atom. The Balaban J connectivity index is 1.34. The van der Waals surface area contributed by atoms with Gasteiger partial charge in [0, 0.05) is 44.2 Å². The van der Waals surface area contributed by atoms with Gasteiger partial charge in [0.1, 0.15) is 11.9 Å². The van der Waals surface area contributed by atoms with Crippen LogP contribution >= 0.6 is 0 Å². The number of amides is 2. The predicted molar refractivity (Wildman–Crippen MR) is 105 cm³/mol. The summed E-state index contributed by atoms with van der Waals surface area (Å²) in [5.41, 5.74) is 2.68. The Hall–Kier alpha value is -3.03. The van der Waals surface area contributed by atoms with Gasteiger partial charge in [-0.2, -0.15) is 0 Å². The van der Waals surface area contributed by atoms with E-state index in [2.05, 4.69) is 11.2 Å². The zero-order valence-electron chi connectivity index (χ0n) is 16.7. The summed E-state index contributed by atoms with van der Waals surface area (Å²) in [6, 6.07) is 7.76. The van der Waals surface area contributed by atoms with Gasteiger partial charge in [0.05, 0.1) is 18.7 Å². The molecule has 0 unspecified atom stereocenters. The van der Waals surface area contributed by atoms with Crippen LogP contribution in [0.2, 0.25) is 0 Å². The van der Waals surface area contributed by atoms with Gasteiger partial charge in [-0.15, -0.1) is 0 Å². The van der Waals surface area contributed by atoms with Gasteiger partial charge in [0.15, 0.2) is 5.76 Å².